The first kappa shape index (κ1) is 14.0. The summed E-state index contributed by atoms with van der Waals surface area (Å²) in [7, 11) is 0. The van der Waals surface area contributed by atoms with Crippen LogP contribution in [0.4, 0.5) is 0 Å². The molecule has 0 saturated heterocycles. The van der Waals surface area contributed by atoms with E-state index in [9.17, 15) is 0 Å². The maximum Gasteiger partial charge on any atom is 0.118 e. The second-order valence-corrected chi connectivity index (χ2v) is 7.48. The van der Waals surface area contributed by atoms with Gasteiger partial charge >= 0.3 is 0 Å². The zero-order valence-electron chi connectivity index (χ0n) is 11.8. The molecule has 0 aromatic carbocycles. The van der Waals surface area contributed by atoms with Crippen LogP contribution in [0.1, 0.15) is 58.0 Å². The average molecular weight is 267 g/mol. The van der Waals surface area contributed by atoms with Crippen molar-refractivity contribution in [3.8, 4) is 0 Å². The van der Waals surface area contributed by atoms with E-state index >= 15 is 0 Å². The molecule has 0 bridgehead atoms. The van der Waals surface area contributed by atoms with Gasteiger partial charge in [0.05, 0.1) is 12.3 Å². The molecule has 1 N–H and O–H groups in total. The van der Waals surface area contributed by atoms with Crippen molar-refractivity contribution in [3.05, 3.63) is 23.7 Å². The Balaban J connectivity index is 1.75. The minimum absolute atomic E-state index is 0.144. The molecule has 0 amide bonds. The van der Waals surface area contributed by atoms with Gasteiger partial charge < -0.3 is 9.73 Å². The van der Waals surface area contributed by atoms with Crippen molar-refractivity contribution in [3.63, 3.8) is 0 Å². The summed E-state index contributed by atoms with van der Waals surface area (Å²) >= 11 is 2.06. The lowest BCUT2D eigenvalue weighted by Crippen LogP contribution is -2.34. The molecule has 1 saturated carbocycles. The molecule has 1 aliphatic carbocycles. The fourth-order valence-electron chi connectivity index (χ4n) is 2.20. The van der Waals surface area contributed by atoms with E-state index in [0.29, 0.717) is 0 Å². The van der Waals surface area contributed by atoms with Crippen LogP contribution in [0.25, 0.3) is 0 Å². The summed E-state index contributed by atoms with van der Waals surface area (Å²) < 4.78 is 5.86. The SMILES string of the molecule is CC(C)(C)NCc1ccc(CSC2CCCC2)o1. The van der Waals surface area contributed by atoms with Crippen LogP contribution >= 0.6 is 11.8 Å². The van der Waals surface area contributed by atoms with Crippen LogP contribution in [-0.2, 0) is 12.3 Å². The zero-order valence-corrected chi connectivity index (χ0v) is 12.6. The molecule has 1 aliphatic rings. The highest BCUT2D eigenvalue weighted by Crippen LogP contribution is 2.31. The number of hydrogen-bond acceptors (Lipinski definition) is 3. The van der Waals surface area contributed by atoms with Crippen molar-refractivity contribution < 1.29 is 4.42 Å². The molecule has 1 heterocycles. The lowest BCUT2D eigenvalue weighted by atomic mass is 10.1. The lowest BCUT2D eigenvalue weighted by Gasteiger charge is -2.19. The number of nitrogens with one attached hydrogen (secondary N) is 1. The van der Waals surface area contributed by atoms with E-state index in [1.807, 2.05) is 0 Å². The summed E-state index contributed by atoms with van der Waals surface area (Å²) in [6.07, 6.45) is 5.61. The third-order valence-corrected chi connectivity index (χ3v) is 4.67. The Hall–Kier alpha value is -0.410. The topological polar surface area (TPSA) is 25.2 Å². The fraction of sp³-hybridized carbons (Fsp3) is 0.733. The van der Waals surface area contributed by atoms with E-state index in [1.54, 1.807) is 0 Å². The van der Waals surface area contributed by atoms with Gasteiger partial charge in [-0.25, -0.2) is 0 Å². The van der Waals surface area contributed by atoms with Crippen molar-refractivity contribution in [1.29, 1.82) is 0 Å². The molecule has 1 fully saturated rings. The number of furan rings is 1. The van der Waals surface area contributed by atoms with Gasteiger partial charge in [0.25, 0.3) is 0 Å². The molecule has 0 spiro atoms. The highest BCUT2D eigenvalue weighted by atomic mass is 32.2. The summed E-state index contributed by atoms with van der Waals surface area (Å²) in [6, 6.07) is 4.23. The highest BCUT2D eigenvalue weighted by molar-refractivity contribution is 7.99. The van der Waals surface area contributed by atoms with E-state index in [1.165, 1.54) is 25.7 Å². The van der Waals surface area contributed by atoms with Crippen LogP contribution in [0.3, 0.4) is 0 Å². The van der Waals surface area contributed by atoms with Gasteiger partial charge in [-0.1, -0.05) is 12.8 Å². The molecule has 0 unspecified atom stereocenters. The van der Waals surface area contributed by atoms with Crippen LogP contribution in [-0.4, -0.2) is 10.8 Å². The van der Waals surface area contributed by atoms with Gasteiger partial charge in [0.2, 0.25) is 0 Å². The molecule has 2 rings (SSSR count). The second kappa shape index (κ2) is 6.16. The first-order valence-corrected chi connectivity index (χ1v) is 8.02. The largest absolute Gasteiger partial charge is 0.464 e. The molecule has 102 valence electrons. The molecule has 3 heteroatoms. The van der Waals surface area contributed by atoms with E-state index in [0.717, 1.165) is 29.1 Å². The van der Waals surface area contributed by atoms with E-state index in [2.05, 4.69) is 50.0 Å². The Morgan fingerprint density at radius 1 is 1.22 bits per heavy atom. The quantitative estimate of drug-likeness (QED) is 0.859. The maximum atomic E-state index is 5.86. The summed E-state index contributed by atoms with van der Waals surface area (Å²) in [5.41, 5.74) is 0.144. The van der Waals surface area contributed by atoms with Crippen LogP contribution in [0.2, 0.25) is 0 Å². The molecule has 2 nitrogen and oxygen atoms in total. The van der Waals surface area contributed by atoms with Gasteiger partial charge in [-0.3, -0.25) is 0 Å². The minimum Gasteiger partial charge on any atom is -0.464 e. The molecule has 1 aromatic heterocycles. The molecule has 18 heavy (non-hydrogen) atoms. The minimum atomic E-state index is 0.144. The summed E-state index contributed by atoms with van der Waals surface area (Å²) in [5, 5.41) is 4.32. The van der Waals surface area contributed by atoms with Crippen molar-refractivity contribution in [2.45, 2.75) is 69.5 Å². The molecular weight excluding hydrogens is 242 g/mol. The predicted molar refractivity (Wildman–Crippen MR) is 78.9 cm³/mol. The Morgan fingerprint density at radius 3 is 2.56 bits per heavy atom. The Bertz CT molecular complexity index is 361. The van der Waals surface area contributed by atoms with Crippen molar-refractivity contribution in [2.75, 3.05) is 0 Å². The smallest absolute Gasteiger partial charge is 0.118 e. The number of rotatable bonds is 5. The lowest BCUT2D eigenvalue weighted by molar-refractivity contribution is 0.382. The molecule has 0 atom stereocenters. The molecular formula is C15H25NOS. The maximum absolute atomic E-state index is 5.86. The Labute approximate surface area is 115 Å². The van der Waals surface area contributed by atoms with Crippen LogP contribution in [0.15, 0.2) is 16.5 Å². The number of hydrogen-bond donors (Lipinski definition) is 1. The van der Waals surface area contributed by atoms with Gasteiger partial charge in [0.1, 0.15) is 11.5 Å². The van der Waals surface area contributed by atoms with Gasteiger partial charge in [-0.2, -0.15) is 11.8 Å². The van der Waals surface area contributed by atoms with E-state index in [4.69, 9.17) is 4.42 Å². The fourth-order valence-corrected chi connectivity index (χ4v) is 3.42. The highest BCUT2D eigenvalue weighted by Gasteiger charge is 2.16. The average Bonchev–Trinajstić information content (AvgIpc) is 2.94. The summed E-state index contributed by atoms with van der Waals surface area (Å²) in [4.78, 5) is 0. The third kappa shape index (κ3) is 4.69. The zero-order chi connectivity index (χ0) is 13.0. The van der Waals surface area contributed by atoms with E-state index in [-0.39, 0.29) is 5.54 Å². The van der Waals surface area contributed by atoms with Gasteiger partial charge in [-0.05, 0) is 45.7 Å². The first-order chi connectivity index (χ1) is 8.53. The second-order valence-electron chi connectivity index (χ2n) is 6.19. The van der Waals surface area contributed by atoms with E-state index < -0.39 is 0 Å². The standard InChI is InChI=1S/C15H25NOS/c1-15(2,3)16-10-12-8-9-13(17-12)11-18-14-6-4-5-7-14/h8-9,14,16H,4-7,10-11H2,1-3H3. The van der Waals surface area contributed by atoms with Gasteiger partial charge in [0.15, 0.2) is 0 Å². The van der Waals surface area contributed by atoms with Crippen LogP contribution < -0.4 is 5.32 Å². The Morgan fingerprint density at radius 2 is 1.89 bits per heavy atom. The van der Waals surface area contributed by atoms with Crippen molar-refractivity contribution in [1.82, 2.24) is 5.32 Å². The molecule has 0 radical (unpaired) electrons. The predicted octanol–water partition coefficient (Wildman–Crippen LogP) is 4.34. The molecule has 0 aliphatic heterocycles. The third-order valence-electron chi connectivity index (χ3n) is 3.27. The van der Waals surface area contributed by atoms with Crippen LogP contribution in [0.5, 0.6) is 0 Å². The summed E-state index contributed by atoms with van der Waals surface area (Å²) in [6.45, 7) is 7.34. The van der Waals surface area contributed by atoms with Gasteiger partial charge in [0, 0.05) is 10.8 Å². The number of thioether (sulfide) groups is 1. The van der Waals surface area contributed by atoms with Crippen molar-refractivity contribution >= 4 is 11.8 Å². The van der Waals surface area contributed by atoms with Gasteiger partial charge in [-0.15, -0.1) is 0 Å². The van der Waals surface area contributed by atoms with Crippen LogP contribution in [0, 0.1) is 0 Å². The first-order valence-electron chi connectivity index (χ1n) is 6.97. The summed E-state index contributed by atoms with van der Waals surface area (Å²) in [5.74, 6) is 3.20. The normalized spacial score (nSPS) is 17.5. The molecule has 1 aromatic rings. The Kier molecular flexibility index (Phi) is 4.79. The van der Waals surface area contributed by atoms with Crippen molar-refractivity contribution in [2.24, 2.45) is 0 Å². The monoisotopic (exact) mass is 267 g/mol.